The van der Waals surface area contributed by atoms with Gasteiger partial charge in [0.15, 0.2) is 5.76 Å². The molecule has 2 rings (SSSR count). The maximum Gasteiger partial charge on any atom is 0.315 e. The zero-order valence-electron chi connectivity index (χ0n) is 14.5. The summed E-state index contributed by atoms with van der Waals surface area (Å²) in [5, 5.41) is 19.1. The Morgan fingerprint density at radius 2 is 2.00 bits per heavy atom. The Morgan fingerprint density at radius 1 is 1.28 bits per heavy atom. The average molecular weight is 349 g/mol. The van der Waals surface area contributed by atoms with Crippen LogP contribution in [0.15, 0.2) is 34.9 Å². The normalized spacial score (nSPS) is 12.2. The lowest BCUT2D eigenvalue weighted by molar-refractivity contribution is 0.168. The Bertz CT molecular complexity index is 686. The van der Waals surface area contributed by atoms with Gasteiger partial charge in [-0.05, 0) is 18.9 Å². The first-order valence-electron chi connectivity index (χ1n) is 8.44. The molecule has 1 unspecified atom stereocenters. The fraction of sp³-hybridized carbons (Fsp3) is 0.444. The van der Waals surface area contributed by atoms with E-state index in [1.165, 1.54) is 12.1 Å². The van der Waals surface area contributed by atoms with Crippen molar-refractivity contribution >= 4 is 6.03 Å². The van der Waals surface area contributed by atoms with Crippen molar-refractivity contribution in [1.82, 2.24) is 15.8 Å². The molecule has 1 aromatic heterocycles. The molecule has 136 valence electrons. The Hall–Kier alpha value is -2.41. The quantitative estimate of drug-likeness (QED) is 0.683. The molecule has 2 amide bonds. The van der Waals surface area contributed by atoms with Crippen molar-refractivity contribution in [2.45, 2.75) is 45.3 Å². The highest BCUT2D eigenvalue weighted by Gasteiger charge is 2.15. The molecule has 1 heterocycles. The minimum absolute atomic E-state index is 0.0951. The highest BCUT2D eigenvalue weighted by Crippen LogP contribution is 2.22. The maximum absolute atomic E-state index is 13.6. The van der Waals surface area contributed by atoms with Gasteiger partial charge in [-0.1, -0.05) is 37.2 Å². The van der Waals surface area contributed by atoms with E-state index in [0.29, 0.717) is 11.7 Å². The van der Waals surface area contributed by atoms with E-state index in [4.69, 9.17) is 4.52 Å². The highest BCUT2D eigenvalue weighted by atomic mass is 19.1. The summed E-state index contributed by atoms with van der Waals surface area (Å²) in [6.45, 7) is 4.28. The van der Waals surface area contributed by atoms with E-state index in [-0.39, 0.29) is 18.7 Å². The minimum atomic E-state index is -1.11. The van der Waals surface area contributed by atoms with Crippen molar-refractivity contribution in [2.75, 3.05) is 6.54 Å². The van der Waals surface area contributed by atoms with E-state index in [1.807, 2.05) is 6.07 Å². The number of hydrogen-bond acceptors (Lipinski definition) is 4. The van der Waals surface area contributed by atoms with Gasteiger partial charge in [-0.3, -0.25) is 0 Å². The van der Waals surface area contributed by atoms with Crippen molar-refractivity contribution in [3.63, 3.8) is 0 Å². The van der Waals surface area contributed by atoms with Gasteiger partial charge in [-0.2, -0.15) is 0 Å². The summed E-state index contributed by atoms with van der Waals surface area (Å²) in [4.78, 5) is 11.8. The number of carbonyl (C=O) groups is 1. The van der Waals surface area contributed by atoms with E-state index in [0.717, 1.165) is 18.5 Å². The molecule has 1 aromatic carbocycles. The van der Waals surface area contributed by atoms with Gasteiger partial charge in [0.25, 0.3) is 0 Å². The first-order chi connectivity index (χ1) is 12.0. The number of aromatic nitrogens is 1. The maximum atomic E-state index is 13.6. The molecule has 0 spiro atoms. The first-order valence-corrected chi connectivity index (χ1v) is 8.44. The molecule has 0 aliphatic heterocycles. The van der Waals surface area contributed by atoms with Gasteiger partial charge in [0.2, 0.25) is 0 Å². The third kappa shape index (κ3) is 5.29. The van der Waals surface area contributed by atoms with Gasteiger partial charge >= 0.3 is 6.03 Å². The van der Waals surface area contributed by atoms with E-state index in [2.05, 4.69) is 29.6 Å². The fourth-order valence-corrected chi connectivity index (χ4v) is 2.59. The average Bonchev–Trinajstić information content (AvgIpc) is 3.08. The van der Waals surface area contributed by atoms with Gasteiger partial charge in [0, 0.05) is 24.1 Å². The molecule has 0 bridgehead atoms. The third-order valence-electron chi connectivity index (χ3n) is 4.12. The predicted octanol–water partition coefficient (Wildman–Crippen LogP) is 3.25. The number of nitrogens with zero attached hydrogens (tertiary/aromatic N) is 1. The SMILES string of the molecule is CCC(CC)c1cc(CNC(=O)NCC(O)c2ccccc2F)on1. The van der Waals surface area contributed by atoms with Crippen molar-refractivity contribution in [2.24, 2.45) is 0 Å². The number of benzene rings is 1. The smallest absolute Gasteiger partial charge is 0.315 e. The van der Waals surface area contributed by atoms with Crippen molar-refractivity contribution in [3.05, 3.63) is 53.2 Å². The number of halogens is 1. The van der Waals surface area contributed by atoms with Crippen LogP contribution in [0.2, 0.25) is 0 Å². The zero-order chi connectivity index (χ0) is 18.2. The molecule has 0 aliphatic rings. The number of rotatable bonds is 8. The summed E-state index contributed by atoms with van der Waals surface area (Å²) in [5.74, 6) is 0.404. The number of carbonyl (C=O) groups excluding carboxylic acids is 1. The number of aliphatic hydroxyl groups excluding tert-OH is 1. The largest absolute Gasteiger partial charge is 0.386 e. The molecule has 7 heteroatoms. The monoisotopic (exact) mass is 349 g/mol. The van der Waals surface area contributed by atoms with E-state index < -0.39 is 18.0 Å². The van der Waals surface area contributed by atoms with Gasteiger partial charge < -0.3 is 20.3 Å². The van der Waals surface area contributed by atoms with E-state index in [1.54, 1.807) is 12.1 Å². The van der Waals surface area contributed by atoms with Gasteiger partial charge in [0.1, 0.15) is 5.82 Å². The molecule has 3 N–H and O–H groups in total. The molecule has 0 radical (unpaired) electrons. The molecule has 1 atom stereocenters. The second-order valence-corrected chi connectivity index (χ2v) is 5.83. The second kappa shape index (κ2) is 9.17. The van der Waals surface area contributed by atoms with Crippen LogP contribution in [0.3, 0.4) is 0 Å². The van der Waals surface area contributed by atoms with Gasteiger partial charge in [0.05, 0.1) is 18.3 Å². The molecular weight excluding hydrogens is 325 g/mol. The zero-order valence-corrected chi connectivity index (χ0v) is 14.5. The Labute approximate surface area is 146 Å². The molecular formula is C18H24FN3O3. The summed E-state index contributed by atoms with van der Waals surface area (Å²) in [6.07, 6.45) is 0.841. The molecule has 2 aromatic rings. The topological polar surface area (TPSA) is 87.4 Å². The number of nitrogens with one attached hydrogen (secondary N) is 2. The van der Waals surface area contributed by atoms with Crippen LogP contribution in [-0.2, 0) is 6.54 Å². The van der Waals surface area contributed by atoms with Crippen LogP contribution in [-0.4, -0.2) is 22.8 Å². The Balaban J connectivity index is 1.78. The van der Waals surface area contributed by atoms with Crippen molar-refractivity contribution in [1.29, 1.82) is 0 Å². The second-order valence-electron chi connectivity index (χ2n) is 5.83. The Kier molecular flexibility index (Phi) is 6.94. The third-order valence-corrected chi connectivity index (χ3v) is 4.12. The van der Waals surface area contributed by atoms with Crippen LogP contribution >= 0.6 is 0 Å². The summed E-state index contributed by atoms with van der Waals surface area (Å²) < 4.78 is 18.8. The standard InChI is InChI=1S/C18H24FN3O3/c1-3-12(4-2)16-9-13(25-22-16)10-20-18(24)21-11-17(23)14-7-5-6-8-15(14)19/h5-9,12,17,23H,3-4,10-11H2,1-2H3,(H2,20,21,24). The fourth-order valence-electron chi connectivity index (χ4n) is 2.59. The number of hydrogen-bond donors (Lipinski definition) is 3. The molecule has 25 heavy (non-hydrogen) atoms. The van der Waals surface area contributed by atoms with Crippen molar-refractivity contribution < 1.29 is 18.8 Å². The molecule has 0 saturated carbocycles. The molecule has 0 fully saturated rings. The molecule has 0 aliphatic carbocycles. The van der Waals surface area contributed by atoms with Crippen LogP contribution in [0.4, 0.5) is 9.18 Å². The molecule has 6 nitrogen and oxygen atoms in total. The lowest BCUT2D eigenvalue weighted by Crippen LogP contribution is -2.37. The number of urea groups is 1. The highest BCUT2D eigenvalue weighted by molar-refractivity contribution is 5.73. The van der Waals surface area contributed by atoms with Crippen LogP contribution in [0.5, 0.6) is 0 Å². The van der Waals surface area contributed by atoms with Gasteiger partial charge in [-0.15, -0.1) is 0 Å². The lowest BCUT2D eigenvalue weighted by Gasteiger charge is -2.13. The van der Waals surface area contributed by atoms with Crippen LogP contribution in [0.25, 0.3) is 0 Å². The minimum Gasteiger partial charge on any atom is -0.386 e. The van der Waals surface area contributed by atoms with Crippen LogP contribution < -0.4 is 10.6 Å². The van der Waals surface area contributed by atoms with Crippen LogP contribution in [0.1, 0.15) is 55.7 Å². The van der Waals surface area contributed by atoms with E-state index >= 15 is 0 Å². The molecule has 0 saturated heterocycles. The van der Waals surface area contributed by atoms with E-state index in [9.17, 15) is 14.3 Å². The van der Waals surface area contributed by atoms with Crippen molar-refractivity contribution in [3.8, 4) is 0 Å². The summed E-state index contributed by atoms with van der Waals surface area (Å²) in [7, 11) is 0. The summed E-state index contributed by atoms with van der Waals surface area (Å²) in [6, 6.07) is 7.28. The van der Waals surface area contributed by atoms with Gasteiger partial charge in [-0.25, -0.2) is 9.18 Å². The summed E-state index contributed by atoms with van der Waals surface area (Å²) >= 11 is 0. The summed E-state index contributed by atoms with van der Waals surface area (Å²) in [5.41, 5.74) is 1.03. The van der Waals surface area contributed by atoms with Crippen LogP contribution in [0, 0.1) is 5.82 Å². The predicted molar refractivity (Wildman–Crippen MR) is 91.4 cm³/mol. The first kappa shape index (κ1) is 18.9. The number of amides is 2. The lowest BCUT2D eigenvalue weighted by atomic mass is 9.99. The number of aliphatic hydroxyl groups is 1. The Morgan fingerprint density at radius 3 is 2.68 bits per heavy atom.